The van der Waals surface area contributed by atoms with Crippen LogP contribution in [0.1, 0.15) is 25.8 Å². The maximum Gasteiger partial charge on any atom is 0.328 e. The van der Waals surface area contributed by atoms with Crippen molar-refractivity contribution >= 4 is 11.9 Å². The van der Waals surface area contributed by atoms with E-state index in [1.165, 1.54) is 7.11 Å². The molecule has 1 rings (SSSR count). The zero-order valence-corrected chi connectivity index (χ0v) is 14.0. The summed E-state index contributed by atoms with van der Waals surface area (Å²) in [5.41, 5.74) is 1.03. The second-order valence-electron chi connectivity index (χ2n) is 5.65. The van der Waals surface area contributed by atoms with Crippen molar-refractivity contribution in [3.8, 4) is 0 Å². The van der Waals surface area contributed by atoms with Crippen molar-refractivity contribution in [3.63, 3.8) is 0 Å². The van der Waals surface area contributed by atoms with Crippen LogP contribution in [0.25, 0.3) is 0 Å². The molecule has 0 saturated carbocycles. The zero-order valence-electron chi connectivity index (χ0n) is 14.0. The number of likely N-dealkylation sites (N-methyl/N-ethyl adjacent to an activating group) is 1. The second-order valence-corrected chi connectivity index (χ2v) is 5.65. The summed E-state index contributed by atoms with van der Waals surface area (Å²) in [7, 11) is 5.03. The fourth-order valence-corrected chi connectivity index (χ4v) is 2.18. The minimum atomic E-state index is -0.603. The number of carbonyl (C=O) groups is 2. The molecule has 1 amide bonds. The summed E-state index contributed by atoms with van der Waals surface area (Å²) in [6, 6.07) is -0.603. The summed E-state index contributed by atoms with van der Waals surface area (Å²) in [5, 5.41) is 6.86. The van der Waals surface area contributed by atoms with E-state index in [0.29, 0.717) is 6.54 Å². The van der Waals surface area contributed by atoms with Crippen LogP contribution in [0.3, 0.4) is 0 Å². The molecule has 0 bridgehead atoms. The van der Waals surface area contributed by atoms with Gasteiger partial charge in [-0.3, -0.25) is 14.4 Å². The van der Waals surface area contributed by atoms with Crippen molar-refractivity contribution < 1.29 is 14.3 Å². The Labute approximate surface area is 131 Å². The van der Waals surface area contributed by atoms with E-state index >= 15 is 0 Å². The predicted molar refractivity (Wildman–Crippen MR) is 82.9 cm³/mol. The number of ether oxygens (including phenoxy) is 1. The van der Waals surface area contributed by atoms with Crippen LogP contribution in [-0.2, 0) is 27.9 Å². The first-order valence-electron chi connectivity index (χ1n) is 7.40. The van der Waals surface area contributed by atoms with Crippen molar-refractivity contribution in [1.29, 1.82) is 0 Å². The molecule has 0 aliphatic carbocycles. The van der Waals surface area contributed by atoms with E-state index in [1.54, 1.807) is 10.9 Å². The number of methoxy groups -OCH3 is 1. The number of hydrogen-bond acceptors (Lipinski definition) is 5. The molecule has 1 aromatic heterocycles. The van der Waals surface area contributed by atoms with E-state index < -0.39 is 12.0 Å². The summed E-state index contributed by atoms with van der Waals surface area (Å²) >= 11 is 0. The highest BCUT2D eigenvalue weighted by atomic mass is 16.5. The summed E-state index contributed by atoms with van der Waals surface area (Å²) in [6.07, 6.45) is 4.46. The van der Waals surface area contributed by atoms with Crippen LogP contribution in [0, 0.1) is 5.92 Å². The van der Waals surface area contributed by atoms with Gasteiger partial charge in [0.05, 0.1) is 19.9 Å². The zero-order chi connectivity index (χ0) is 16.7. The van der Waals surface area contributed by atoms with Crippen LogP contribution in [0.15, 0.2) is 12.4 Å². The lowest BCUT2D eigenvalue weighted by Gasteiger charge is -2.23. The lowest BCUT2D eigenvalue weighted by molar-refractivity contribution is -0.146. The van der Waals surface area contributed by atoms with Crippen LogP contribution in [0.5, 0.6) is 0 Å². The minimum absolute atomic E-state index is 0.0278. The molecule has 0 saturated heterocycles. The first-order chi connectivity index (χ1) is 10.4. The highest BCUT2D eigenvalue weighted by Gasteiger charge is 2.26. The molecule has 0 fully saturated rings. The number of nitrogens with one attached hydrogen (secondary N) is 1. The standard InChI is InChI=1S/C15H26N4O3/c1-6-11(2)14(15(21)22-5)17-13(20)10-18(3)8-12-7-16-19(4)9-12/h7,9,11,14H,6,8,10H2,1-5H3,(H,17,20). The molecule has 2 atom stereocenters. The third kappa shape index (κ3) is 5.48. The monoisotopic (exact) mass is 310 g/mol. The molecule has 0 radical (unpaired) electrons. The molecule has 0 aliphatic heterocycles. The molecule has 1 heterocycles. The summed E-state index contributed by atoms with van der Waals surface area (Å²) in [4.78, 5) is 25.8. The molecule has 7 nitrogen and oxygen atoms in total. The van der Waals surface area contributed by atoms with Gasteiger partial charge < -0.3 is 10.1 Å². The summed E-state index contributed by atoms with van der Waals surface area (Å²) < 4.78 is 6.48. The fourth-order valence-electron chi connectivity index (χ4n) is 2.18. The number of hydrogen-bond donors (Lipinski definition) is 1. The van der Waals surface area contributed by atoms with E-state index in [9.17, 15) is 9.59 Å². The van der Waals surface area contributed by atoms with Gasteiger partial charge in [0.25, 0.3) is 0 Å². The summed E-state index contributed by atoms with van der Waals surface area (Å²) in [6.45, 7) is 4.72. The number of carbonyl (C=O) groups excluding carboxylic acids is 2. The van der Waals surface area contributed by atoms with Gasteiger partial charge >= 0.3 is 5.97 Å². The van der Waals surface area contributed by atoms with Crippen LogP contribution in [0.4, 0.5) is 0 Å². The van der Waals surface area contributed by atoms with Gasteiger partial charge in [-0.1, -0.05) is 20.3 Å². The fraction of sp³-hybridized carbons (Fsp3) is 0.667. The van der Waals surface area contributed by atoms with Gasteiger partial charge in [-0.2, -0.15) is 5.10 Å². The van der Waals surface area contributed by atoms with E-state index in [2.05, 4.69) is 10.4 Å². The number of aryl methyl sites for hydroxylation is 1. The third-order valence-electron chi connectivity index (χ3n) is 3.61. The SMILES string of the molecule is CCC(C)C(NC(=O)CN(C)Cc1cnn(C)c1)C(=O)OC. The molecule has 2 unspecified atom stereocenters. The van der Waals surface area contributed by atoms with E-state index in [4.69, 9.17) is 4.74 Å². The Morgan fingerprint density at radius 1 is 1.50 bits per heavy atom. The topological polar surface area (TPSA) is 76.5 Å². The molecule has 124 valence electrons. The predicted octanol–water partition coefficient (Wildman–Crippen LogP) is 0.556. The first-order valence-corrected chi connectivity index (χ1v) is 7.40. The Morgan fingerprint density at radius 3 is 2.68 bits per heavy atom. The van der Waals surface area contributed by atoms with Crippen molar-refractivity contribution in [2.75, 3.05) is 20.7 Å². The van der Waals surface area contributed by atoms with Gasteiger partial charge in [-0.25, -0.2) is 4.79 Å². The average molecular weight is 310 g/mol. The molecular weight excluding hydrogens is 284 g/mol. The van der Waals surface area contributed by atoms with Gasteiger partial charge in [-0.15, -0.1) is 0 Å². The lowest BCUT2D eigenvalue weighted by atomic mass is 9.99. The van der Waals surface area contributed by atoms with Crippen molar-refractivity contribution in [2.24, 2.45) is 13.0 Å². The van der Waals surface area contributed by atoms with Gasteiger partial charge in [0.15, 0.2) is 0 Å². The Balaban J connectivity index is 2.53. The van der Waals surface area contributed by atoms with Gasteiger partial charge in [-0.05, 0) is 13.0 Å². The molecule has 1 aromatic rings. The maximum atomic E-state index is 12.1. The molecule has 7 heteroatoms. The molecule has 0 aromatic carbocycles. The first kappa shape index (κ1) is 18.2. The number of nitrogens with zero attached hydrogens (tertiary/aromatic N) is 3. The van der Waals surface area contributed by atoms with Crippen molar-refractivity contribution in [3.05, 3.63) is 18.0 Å². The summed E-state index contributed by atoms with van der Waals surface area (Å²) in [5.74, 6) is -0.570. The molecule has 22 heavy (non-hydrogen) atoms. The molecular formula is C15H26N4O3. The lowest BCUT2D eigenvalue weighted by Crippen LogP contribution is -2.48. The van der Waals surface area contributed by atoms with E-state index in [-0.39, 0.29) is 18.4 Å². The van der Waals surface area contributed by atoms with Gasteiger partial charge in [0.1, 0.15) is 6.04 Å². The Morgan fingerprint density at radius 2 is 2.18 bits per heavy atom. The highest BCUT2D eigenvalue weighted by molar-refractivity contribution is 5.85. The smallest absolute Gasteiger partial charge is 0.328 e. The van der Waals surface area contributed by atoms with Crippen LogP contribution in [-0.4, -0.2) is 53.3 Å². The third-order valence-corrected chi connectivity index (χ3v) is 3.61. The van der Waals surface area contributed by atoms with Crippen molar-refractivity contribution in [2.45, 2.75) is 32.9 Å². The average Bonchev–Trinajstić information content (AvgIpc) is 2.87. The number of esters is 1. The Kier molecular flexibility index (Phi) is 7.04. The molecule has 1 N–H and O–H groups in total. The largest absolute Gasteiger partial charge is 0.467 e. The van der Waals surface area contributed by atoms with Gasteiger partial charge in [0.2, 0.25) is 5.91 Å². The molecule has 0 spiro atoms. The molecule has 0 aliphatic rings. The highest BCUT2D eigenvalue weighted by Crippen LogP contribution is 2.09. The Hall–Kier alpha value is -1.89. The number of amides is 1. The normalized spacial score (nSPS) is 13.7. The number of aromatic nitrogens is 2. The Bertz CT molecular complexity index is 501. The quantitative estimate of drug-likeness (QED) is 0.710. The maximum absolute atomic E-state index is 12.1. The number of rotatable bonds is 8. The van der Waals surface area contributed by atoms with Gasteiger partial charge in [0, 0.05) is 25.4 Å². The van der Waals surface area contributed by atoms with Crippen LogP contribution < -0.4 is 5.32 Å². The second kappa shape index (κ2) is 8.53. The van der Waals surface area contributed by atoms with E-state index in [0.717, 1.165) is 12.0 Å². The van der Waals surface area contributed by atoms with Crippen LogP contribution >= 0.6 is 0 Å². The van der Waals surface area contributed by atoms with E-state index in [1.807, 2.05) is 39.0 Å². The van der Waals surface area contributed by atoms with Crippen LogP contribution in [0.2, 0.25) is 0 Å². The van der Waals surface area contributed by atoms with Crippen molar-refractivity contribution in [1.82, 2.24) is 20.0 Å². The minimum Gasteiger partial charge on any atom is -0.467 e.